The largest absolute Gasteiger partial charge is 0.481 e. The first-order valence-corrected chi connectivity index (χ1v) is 7.33. The van der Waals surface area contributed by atoms with Crippen LogP contribution < -0.4 is 4.74 Å². The number of methoxy groups -OCH3 is 1. The molecule has 0 spiro atoms. The molecule has 0 N–H and O–H groups in total. The van der Waals surface area contributed by atoms with E-state index in [2.05, 4.69) is 9.97 Å². The minimum absolute atomic E-state index is 0.319. The summed E-state index contributed by atoms with van der Waals surface area (Å²) in [4.78, 5) is 8.97. The van der Waals surface area contributed by atoms with Gasteiger partial charge in [-0.3, -0.25) is 0 Å². The van der Waals surface area contributed by atoms with Crippen LogP contribution in [-0.4, -0.2) is 21.6 Å². The lowest BCUT2D eigenvalue weighted by molar-refractivity contribution is 0.399. The maximum Gasteiger partial charge on any atom is 0.215 e. The fourth-order valence-electron chi connectivity index (χ4n) is 2.23. The van der Waals surface area contributed by atoms with Gasteiger partial charge in [0.1, 0.15) is 11.3 Å². The molecule has 3 rings (SSSR count). The van der Waals surface area contributed by atoms with Crippen LogP contribution in [0.3, 0.4) is 0 Å². The highest BCUT2D eigenvalue weighted by Crippen LogP contribution is 2.21. The van der Waals surface area contributed by atoms with Gasteiger partial charge in [0, 0.05) is 11.1 Å². The van der Waals surface area contributed by atoms with E-state index in [9.17, 15) is 0 Å². The molecule has 0 atom stereocenters. The molecule has 2 aromatic heterocycles. The monoisotopic (exact) mass is 321 g/mol. The Balaban J connectivity index is 2.10. The van der Waals surface area contributed by atoms with Gasteiger partial charge in [-0.15, -0.1) is 11.6 Å². The zero-order valence-electron chi connectivity index (χ0n) is 11.4. The first kappa shape index (κ1) is 14.2. The standard InChI is InChI=1S/C15H13Cl2N3O/c1-21-14-6-5-12-15(19-14)20(13(8-16)18-12)9-10-3-2-4-11(17)7-10/h2-7H,8-9H2,1H3. The van der Waals surface area contributed by atoms with E-state index >= 15 is 0 Å². The summed E-state index contributed by atoms with van der Waals surface area (Å²) in [5.41, 5.74) is 2.62. The van der Waals surface area contributed by atoms with Crippen LogP contribution in [0.15, 0.2) is 36.4 Å². The third-order valence-corrected chi connectivity index (χ3v) is 3.68. The molecular weight excluding hydrogens is 309 g/mol. The van der Waals surface area contributed by atoms with Crippen molar-refractivity contribution in [1.82, 2.24) is 14.5 Å². The van der Waals surface area contributed by atoms with Crippen LogP contribution in [0.4, 0.5) is 0 Å². The Hall–Kier alpha value is -1.78. The molecule has 0 saturated heterocycles. The average molecular weight is 322 g/mol. The summed E-state index contributed by atoms with van der Waals surface area (Å²) in [6.45, 7) is 0.610. The number of benzene rings is 1. The minimum atomic E-state index is 0.319. The minimum Gasteiger partial charge on any atom is -0.481 e. The Morgan fingerprint density at radius 1 is 1.19 bits per heavy atom. The van der Waals surface area contributed by atoms with Crippen molar-refractivity contribution in [3.63, 3.8) is 0 Å². The predicted octanol–water partition coefficient (Wildman–Crippen LogP) is 3.88. The fourth-order valence-corrected chi connectivity index (χ4v) is 2.65. The van der Waals surface area contributed by atoms with Gasteiger partial charge in [0.05, 0.1) is 19.5 Å². The molecular formula is C15H13Cl2N3O. The Morgan fingerprint density at radius 3 is 2.76 bits per heavy atom. The molecule has 0 aliphatic heterocycles. The number of fused-ring (bicyclic) bond motifs is 1. The molecule has 0 aliphatic rings. The first-order valence-electron chi connectivity index (χ1n) is 6.42. The Morgan fingerprint density at radius 2 is 2.05 bits per heavy atom. The van der Waals surface area contributed by atoms with Crippen molar-refractivity contribution >= 4 is 34.4 Å². The van der Waals surface area contributed by atoms with Crippen LogP contribution in [-0.2, 0) is 12.4 Å². The summed E-state index contributed by atoms with van der Waals surface area (Å²) in [7, 11) is 1.59. The second-order valence-electron chi connectivity index (χ2n) is 4.57. The summed E-state index contributed by atoms with van der Waals surface area (Å²) in [6.07, 6.45) is 0. The molecule has 4 nitrogen and oxygen atoms in total. The number of alkyl halides is 1. The van der Waals surface area contributed by atoms with Crippen LogP contribution in [0.1, 0.15) is 11.4 Å². The highest BCUT2D eigenvalue weighted by atomic mass is 35.5. The van der Waals surface area contributed by atoms with Gasteiger partial charge in [-0.25, -0.2) is 4.98 Å². The number of nitrogens with zero attached hydrogens (tertiary/aromatic N) is 3. The summed E-state index contributed by atoms with van der Waals surface area (Å²) >= 11 is 12.0. The van der Waals surface area contributed by atoms with Gasteiger partial charge in [-0.1, -0.05) is 23.7 Å². The molecule has 3 aromatic rings. The van der Waals surface area contributed by atoms with Crippen molar-refractivity contribution in [3.05, 3.63) is 52.8 Å². The van der Waals surface area contributed by atoms with E-state index in [1.54, 1.807) is 13.2 Å². The highest BCUT2D eigenvalue weighted by Gasteiger charge is 2.12. The Bertz CT molecular complexity index is 786. The maximum atomic E-state index is 6.04. The van der Waals surface area contributed by atoms with Crippen molar-refractivity contribution in [2.45, 2.75) is 12.4 Å². The van der Waals surface area contributed by atoms with Gasteiger partial charge in [0.15, 0.2) is 5.65 Å². The van der Waals surface area contributed by atoms with Crippen LogP contribution in [0.2, 0.25) is 5.02 Å². The lowest BCUT2D eigenvalue weighted by Crippen LogP contribution is -2.05. The fraction of sp³-hybridized carbons (Fsp3) is 0.200. The van der Waals surface area contributed by atoms with E-state index < -0.39 is 0 Å². The molecule has 0 fully saturated rings. The van der Waals surface area contributed by atoms with Crippen molar-refractivity contribution in [2.75, 3.05) is 7.11 Å². The average Bonchev–Trinajstić information content (AvgIpc) is 2.84. The molecule has 21 heavy (non-hydrogen) atoms. The molecule has 6 heteroatoms. The molecule has 108 valence electrons. The number of rotatable bonds is 4. The van der Waals surface area contributed by atoms with Gasteiger partial charge >= 0.3 is 0 Å². The maximum absolute atomic E-state index is 6.04. The molecule has 0 radical (unpaired) electrons. The van der Waals surface area contributed by atoms with E-state index in [-0.39, 0.29) is 0 Å². The first-order chi connectivity index (χ1) is 10.2. The normalized spacial score (nSPS) is 11.0. The molecule has 1 aromatic carbocycles. The molecule has 0 amide bonds. The van der Waals surface area contributed by atoms with Crippen LogP contribution in [0.5, 0.6) is 5.88 Å². The quantitative estimate of drug-likeness (QED) is 0.684. The summed E-state index contributed by atoms with van der Waals surface area (Å²) in [6, 6.07) is 11.4. The number of aromatic nitrogens is 3. The van der Waals surface area contributed by atoms with Gasteiger partial charge in [-0.2, -0.15) is 4.98 Å². The zero-order valence-corrected chi connectivity index (χ0v) is 12.9. The SMILES string of the molecule is COc1ccc2nc(CCl)n(Cc3cccc(Cl)c3)c2n1. The number of pyridine rings is 1. The van der Waals surface area contributed by atoms with Crippen molar-refractivity contribution < 1.29 is 4.74 Å². The zero-order chi connectivity index (χ0) is 14.8. The summed E-state index contributed by atoms with van der Waals surface area (Å²) < 4.78 is 7.17. The summed E-state index contributed by atoms with van der Waals surface area (Å²) in [5, 5.41) is 0.704. The van der Waals surface area contributed by atoms with Crippen molar-refractivity contribution in [3.8, 4) is 5.88 Å². The molecule has 0 bridgehead atoms. The third kappa shape index (κ3) is 2.82. The van der Waals surface area contributed by atoms with E-state index in [4.69, 9.17) is 27.9 Å². The van der Waals surface area contributed by atoms with E-state index in [0.717, 1.165) is 22.6 Å². The molecule has 0 saturated carbocycles. The lowest BCUT2D eigenvalue weighted by Gasteiger charge is -2.08. The van der Waals surface area contributed by atoms with E-state index in [1.165, 1.54) is 0 Å². The van der Waals surface area contributed by atoms with E-state index in [0.29, 0.717) is 23.3 Å². The second-order valence-corrected chi connectivity index (χ2v) is 5.28. The van der Waals surface area contributed by atoms with Gasteiger partial charge in [0.25, 0.3) is 0 Å². The lowest BCUT2D eigenvalue weighted by atomic mass is 10.2. The summed E-state index contributed by atoms with van der Waals surface area (Å²) in [5.74, 6) is 1.64. The number of ether oxygens (including phenoxy) is 1. The topological polar surface area (TPSA) is 39.9 Å². The predicted molar refractivity (Wildman–Crippen MR) is 84.2 cm³/mol. The van der Waals surface area contributed by atoms with Crippen molar-refractivity contribution in [1.29, 1.82) is 0 Å². The second kappa shape index (κ2) is 5.92. The number of imidazole rings is 1. The van der Waals surface area contributed by atoms with Gasteiger partial charge in [0.2, 0.25) is 5.88 Å². The Kier molecular flexibility index (Phi) is 3.99. The smallest absolute Gasteiger partial charge is 0.215 e. The van der Waals surface area contributed by atoms with Gasteiger partial charge < -0.3 is 9.30 Å². The molecule has 2 heterocycles. The number of hydrogen-bond acceptors (Lipinski definition) is 3. The van der Waals surface area contributed by atoms with Gasteiger partial charge in [-0.05, 0) is 23.8 Å². The van der Waals surface area contributed by atoms with Crippen LogP contribution in [0, 0.1) is 0 Å². The van der Waals surface area contributed by atoms with E-state index in [1.807, 2.05) is 34.9 Å². The molecule has 0 aliphatic carbocycles. The van der Waals surface area contributed by atoms with Crippen LogP contribution >= 0.6 is 23.2 Å². The number of hydrogen-bond donors (Lipinski definition) is 0. The highest BCUT2D eigenvalue weighted by molar-refractivity contribution is 6.30. The van der Waals surface area contributed by atoms with Crippen molar-refractivity contribution in [2.24, 2.45) is 0 Å². The molecule has 0 unspecified atom stereocenters. The third-order valence-electron chi connectivity index (χ3n) is 3.20. The Labute approximate surface area is 132 Å². The number of halogens is 2. The van der Waals surface area contributed by atoms with Crippen LogP contribution in [0.25, 0.3) is 11.2 Å².